The summed E-state index contributed by atoms with van der Waals surface area (Å²) in [4.78, 5) is 14.8. The number of sulfonamides is 1. The second-order valence-corrected chi connectivity index (χ2v) is 10.8. The number of aromatic nitrogens is 1. The Morgan fingerprint density at radius 1 is 1.03 bits per heavy atom. The van der Waals surface area contributed by atoms with E-state index < -0.39 is 31.2 Å². The first-order valence-electron chi connectivity index (χ1n) is 9.46. The summed E-state index contributed by atoms with van der Waals surface area (Å²) in [6.07, 6.45) is 4.14. The van der Waals surface area contributed by atoms with Gasteiger partial charge < -0.3 is 10.7 Å². The summed E-state index contributed by atoms with van der Waals surface area (Å²) >= 11 is 0. The molecule has 0 fully saturated rings. The van der Waals surface area contributed by atoms with Crippen molar-refractivity contribution in [3.63, 3.8) is 0 Å². The number of fused-ring (bicyclic) bond motifs is 1. The third kappa shape index (κ3) is 4.71. The maximum Gasteiger partial charge on any atom is 0.264 e. The first-order chi connectivity index (χ1) is 14.7. The molecule has 2 aromatic carbocycles. The normalized spacial score (nSPS) is 12.5. The fourth-order valence-corrected chi connectivity index (χ4v) is 6.17. The van der Waals surface area contributed by atoms with Crippen molar-refractivity contribution >= 4 is 30.6 Å². The summed E-state index contributed by atoms with van der Waals surface area (Å²) in [5.41, 5.74) is 5.66. The van der Waals surface area contributed by atoms with Gasteiger partial charge in [-0.25, -0.2) is 16.8 Å². The number of hydrogen-bond donors (Lipinski definition) is 2. The van der Waals surface area contributed by atoms with E-state index in [0.717, 1.165) is 4.31 Å². The van der Waals surface area contributed by atoms with Crippen LogP contribution in [0.2, 0.25) is 0 Å². The van der Waals surface area contributed by atoms with Crippen LogP contribution >= 0.6 is 0 Å². The Hall–Kier alpha value is -2.95. The molecule has 0 unspecified atom stereocenters. The number of hydrogen-bond acceptors (Lipinski definition) is 6. The predicted molar refractivity (Wildman–Crippen MR) is 120 cm³/mol. The van der Waals surface area contributed by atoms with Crippen LogP contribution < -0.4 is 11.3 Å². The smallest absolute Gasteiger partial charge is 0.264 e. The molecule has 0 saturated heterocycles. The highest BCUT2D eigenvalue weighted by atomic mass is 32.2. The van der Waals surface area contributed by atoms with Crippen molar-refractivity contribution in [3.05, 3.63) is 82.9 Å². The zero-order valence-electron chi connectivity index (χ0n) is 16.9. The number of rotatable bonds is 8. The lowest BCUT2D eigenvalue weighted by Gasteiger charge is -2.22. The first-order valence-corrected chi connectivity index (χ1v) is 12.5. The standard InChI is InChI=1S/C21H23N3O5S2/c1-16-15-23-21(25)18-9-5-10-19(20(16)18)31(28,29)24(12-6-11-22)13-14-30(26,27)17-7-3-2-4-8-17/h2-10,12,15H,11,13-14,22H2,1H3,(H,23,25). The Labute approximate surface area is 181 Å². The minimum absolute atomic E-state index is 0.0751. The number of benzene rings is 2. The van der Waals surface area contributed by atoms with E-state index in [2.05, 4.69) is 4.98 Å². The molecular formula is C21H23N3O5S2. The Kier molecular flexibility index (Phi) is 6.63. The average Bonchev–Trinajstić information content (AvgIpc) is 2.76. The molecule has 3 aromatic rings. The van der Waals surface area contributed by atoms with Gasteiger partial charge in [0.2, 0.25) is 0 Å². The van der Waals surface area contributed by atoms with E-state index in [-0.39, 0.29) is 28.3 Å². The summed E-state index contributed by atoms with van der Waals surface area (Å²) in [7, 11) is -7.88. The first kappa shape index (κ1) is 22.7. The van der Waals surface area contributed by atoms with Crippen molar-refractivity contribution < 1.29 is 16.8 Å². The van der Waals surface area contributed by atoms with Crippen LogP contribution in [0.5, 0.6) is 0 Å². The van der Waals surface area contributed by atoms with E-state index in [9.17, 15) is 21.6 Å². The lowest BCUT2D eigenvalue weighted by atomic mass is 10.1. The zero-order chi connectivity index (χ0) is 22.6. The van der Waals surface area contributed by atoms with Crippen molar-refractivity contribution in [1.29, 1.82) is 0 Å². The molecule has 1 heterocycles. The average molecular weight is 462 g/mol. The number of nitrogens with one attached hydrogen (secondary N) is 1. The summed E-state index contributed by atoms with van der Waals surface area (Å²) in [5, 5.41) is 0.532. The molecule has 164 valence electrons. The molecule has 8 nitrogen and oxygen atoms in total. The Bertz CT molecular complexity index is 1380. The molecule has 0 saturated carbocycles. The minimum Gasteiger partial charge on any atom is -0.328 e. The van der Waals surface area contributed by atoms with Gasteiger partial charge in [-0.15, -0.1) is 0 Å². The highest BCUT2D eigenvalue weighted by molar-refractivity contribution is 7.91. The number of aryl methyl sites for hydroxylation is 1. The van der Waals surface area contributed by atoms with E-state index in [1.165, 1.54) is 42.7 Å². The number of sulfone groups is 1. The maximum atomic E-state index is 13.5. The van der Waals surface area contributed by atoms with E-state index in [0.29, 0.717) is 10.9 Å². The van der Waals surface area contributed by atoms with Gasteiger partial charge in [0.25, 0.3) is 15.6 Å². The quantitative estimate of drug-likeness (QED) is 0.526. The Morgan fingerprint density at radius 3 is 2.42 bits per heavy atom. The van der Waals surface area contributed by atoms with Crippen LogP contribution in [0.25, 0.3) is 10.8 Å². The van der Waals surface area contributed by atoms with E-state index in [4.69, 9.17) is 5.73 Å². The molecule has 0 spiro atoms. The van der Waals surface area contributed by atoms with Crippen LogP contribution in [0.4, 0.5) is 0 Å². The highest BCUT2D eigenvalue weighted by Crippen LogP contribution is 2.27. The molecule has 0 amide bonds. The topological polar surface area (TPSA) is 130 Å². The van der Waals surface area contributed by atoms with Gasteiger partial charge in [0.05, 0.1) is 15.5 Å². The molecule has 3 rings (SSSR count). The summed E-state index contributed by atoms with van der Waals surface area (Å²) < 4.78 is 53.3. The molecule has 1 aromatic heterocycles. The molecule has 0 aliphatic heterocycles. The van der Waals surface area contributed by atoms with E-state index in [1.807, 2.05) is 0 Å². The maximum absolute atomic E-state index is 13.5. The van der Waals surface area contributed by atoms with Crippen LogP contribution in [0.3, 0.4) is 0 Å². The van der Waals surface area contributed by atoms with E-state index in [1.54, 1.807) is 31.2 Å². The molecular weight excluding hydrogens is 438 g/mol. The highest BCUT2D eigenvalue weighted by Gasteiger charge is 2.27. The largest absolute Gasteiger partial charge is 0.328 e. The van der Waals surface area contributed by atoms with Crippen LogP contribution in [-0.2, 0) is 19.9 Å². The molecule has 0 bridgehead atoms. The van der Waals surface area contributed by atoms with Gasteiger partial charge in [0, 0.05) is 36.3 Å². The fourth-order valence-electron chi connectivity index (χ4n) is 3.20. The third-order valence-corrected chi connectivity index (χ3v) is 8.29. The fraction of sp³-hybridized carbons (Fsp3) is 0.190. The third-order valence-electron chi connectivity index (χ3n) is 4.76. The van der Waals surface area contributed by atoms with Crippen LogP contribution in [0.15, 0.2) is 81.6 Å². The molecule has 0 radical (unpaired) electrons. The number of nitrogens with two attached hydrogens (primary N) is 1. The van der Waals surface area contributed by atoms with Gasteiger partial charge in [-0.1, -0.05) is 30.3 Å². The van der Waals surface area contributed by atoms with Crippen molar-refractivity contribution in [2.75, 3.05) is 18.8 Å². The second kappa shape index (κ2) is 9.04. The van der Waals surface area contributed by atoms with Gasteiger partial charge >= 0.3 is 0 Å². The summed E-state index contributed by atoms with van der Waals surface area (Å²) in [5.74, 6) is -0.421. The van der Waals surface area contributed by atoms with Crippen molar-refractivity contribution in [3.8, 4) is 0 Å². The Morgan fingerprint density at radius 2 is 1.74 bits per heavy atom. The molecule has 0 aliphatic carbocycles. The van der Waals surface area contributed by atoms with Gasteiger partial charge in [-0.2, -0.15) is 0 Å². The molecule has 3 N–H and O–H groups in total. The predicted octanol–water partition coefficient (Wildman–Crippen LogP) is 1.77. The van der Waals surface area contributed by atoms with Gasteiger partial charge in [-0.3, -0.25) is 9.10 Å². The number of nitrogens with zero attached hydrogens (tertiary/aromatic N) is 1. The summed E-state index contributed by atoms with van der Waals surface area (Å²) in [6.45, 7) is 1.46. The molecule has 0 aliphatic rings. The Balaban J connectivity index is 2.05. The molecule has 0 atom stereocenters. The van der Waals surface area contributed by atoms with Crippen molar-refractivity contribution in [1.82, 2.24) is 9.29 Å². The number of pyridine rings is 1. The van der Waals surface area contributed by atoms with E-state index >= 15 is 0 Å². The van der Waals surface area contributed by atoms with Gasteiger partial charge in [-0.05, 0) is 36.8 Å². The molecule has 10 heteroatoms. The number of aromatic amines is 1. The van der Waals surface area contributed by atoms with Crippen molar-refractivity contribution in [2.24, 2.45) is 5.73 Å². The summed E-state index contributed by atoms with van der Waals surface area (Å²) in [6, 6.07) is 12.3. The molecule has 31 heavy (non-hydrogen) atoms. The van der Waals surface area contributed by atoms with Crippen LogP contribution in [-0.4, -0.2) is 45.0 Å². The zero-order valence-corrected chi connectivity index (χ0v) is 18.5. The van der Waals surface area contributed by atoms with Crippen LogP contribution in [0, 0.1) is 6.92 Å². The van der Waals surface area contributed by atoms with Gasteiger partial charge in [0.15, 0.2) is 9.84 Å². The lowest BCUT2D eigenvalue weighted by molar-refractivity contribution is 0.509. The minimum atomic E-state index is -4.17. The van der Waals surface area contributed by atoms with Gasteiger partial charge in [0.1, 0.15) is 0 Å². The van der Waals surface area contributed by atoms with Crippen molar-refractivity contribution in [2.45, 2.75) is 16.7 Å². The second-order valence-electron chi connectivity index (χ2n) is 6.85. The van der Waals surface area contributed by atoms with Crippen LogP contribution in [0.1, 0.15) is 5.56 Å². The monoisotopic (exact) mass is 461 g/mol. The SMILES string of the molecule is Cc1c[nH]c(=O)c2cccc(S(=O)(=O)N(C=CCN)CCS(=O)(=O)c3ccccc3)c12. The lowest BCUT2D eigenvalue weighted by Crippen LogP contribution is -2.31. The number of H-pyrrole nitrogens is 1.